The van der Waals surface area contributed by atoms with Gasteiger partial charge in [0.2, 0.25) is 10.0 Å². The number of rotatable bonds is 3. The van der Waals surface area contributed by atoms with Gasteiger partial charge in [-0.25, -0.2) is 8.42 Å². The molecular weight excluding hydrogens is 364 g/mol. The van der Waals surface area contributed by atoms with Gasteiger partial charge in [-0.3, -0.25) is 0 Å². The molecule has 4 nitrogen and oxygen atoms in total. The van der Waals surface area contributed by atoms with E-state index in [-0.39, 0.29) is 18.3 Å². The summed E-state index contributed by atoms with van der Waals surface area (Å²) in [5.41, 5.74) is 6.70. The van der Waals surface area contributed by atoms with Crippen LogP contribution in [0.25, 0.3) is 0 Å². The van der Waals surface area contributed by atoms with Crippen molar-refractivity contribution in [2.24, 2.45) is 11.7 Å². The predicted octanol–water partition coefficient (Wildman–Crippen LogP) is 2.54. The number of nitrogens with two attached hydrogens (primary N) is 1. The third-order valence-electron chi connectivity index (χ3n) is 3.52. The summed E-state index contributed by atoms with van der Waals surface area (Å²) in [6.45, 7) is 3.59. The molecular formula is C13H20BrClN2O2S. The minimum Gasteiger partial charge on any atom is -0.330 e. The van der Waals surface area contributed by atoms with Crippen molar-refractivity contribution in [2.75, 3.05) is 19.6 Å². The quantitative estimate of drug-likeness (QED) is 0.872. The Morgan fingerprint density at radius 3 is 2.75 bits per heavy atom. The SMILES string of the molecule is Cc1ccc(S(=O)(=O)N2CCCC(CN)C2)c(Br)c1.Cl. The fraction of sp³-hybridized carbons (Fsp3) is 0.538. The second-order valence-corrected chi connectivity index (χ2v) is 7.80. The Bertz CT molecular complexity index is 565. The summed E-state index contributed by atoms with van der Waals surface area (Å²) >= 11 is 3.35. The molecule has 0 aliphatic carbocycles. The second kappa shape index (κ2) is 7.22. The third kappa shape index (κ3) is 3.74. The monoisotopic (exact) mass is 382 g/mol. The number of hydrogen-bond acceptors (Lipinski definition) is 3. The highest BCUT2D eigenvalue weighted by atomic mass is 79.9. The number of benzene rings is 1. The first kappa shape index (κ1) is 17.9. The van der Waals surface area contributed by atoms with Crippen LogP contribution < -0.4 is 5.73 Å². The standard InChI is InChI=1S/C13H19BrN2O2S.ClH/c1-10-4-5-13(12(14)7-10)19(17,18)16-6-2-3-11(8-15)9-16;/h4-5,7,11H,2-3,6,8-9,15H2,1H3;1H. The Morgan fingerprint density at radius 2 is 2.15 bits per heavy atom. The molecule has 0 spiro atoms. The molecule has 1 saturated heterocycles. The molecule has 0 amide bonds. The van der Waals surface area contributed by atoms with Crippen LogP contribution in [0.4, 0.5) is 0 Å². The Morgan fingerprint density at radius 1 is 1.45 bits per heavy atom. The Labute approximate surface area is 135 Å². The lowest BCUT2D eigenvalue weighted by Crippen LogP contribution is -2.42. The van der Waals surface area contributed by atoms with Gasteiger partial charge >= 0.3 is 0 Å². The third-order valence-corrected chi connectivity index (χ3v) is 6.36. The van der Waals surface area contributed by atoms with E-state index in [1.807, 2.05) is 19.1 Å². The minimum atomic E-state index is -3.42. The van der Waals surface area contributed by atoms with Crippen LogP contribution in [0.2, 0.25) is 0 Å². The van der Waals surface area contributed by atoms with Gasteiger partial charge in [-0.1, -0.05) is 6.07 Å². The van der Waals surface area contributed by atoms with E-state index in [4.69, 9.17) is 5.73 Å². The van der Waals surface area contributed by atoms with Crippen LogP contribution in [0.3, 0.4) is 0 Å². The van der Waals surface area contributed by atoms with E-state index in [9.17, 15) is 8.42 Å². The first-order valence-corrected chi connectivity index (χ1v) is 8.65. The van der Waals surface area contributed by atoms with Crippen LogP contribution in [0, 0.1) is 12.8 Å². The topological polar surface area (TPSA) is 63.4 Å². The van der Waals surface area contributed by atoms with E-state index in [0.717, 1.165) is 18.4 Å². The van der Waals surface area contributed by atoms with E-state index in [0.29, 0.717) is 29.0 Å². The summed E-state index contributed by atoms with van der Waals surface area (Å²) in [7, 11) is -3.42. The summed E-state index contributed by atoms with van der Waals surface area (Å²) < 4.78 is 27.5. The maximum absolute atomic E-state index is 12.6. The first-order valence-electron chi connectivity index (χ1n) is 6.41. The van der Waals surface area contributed by atoms with Gasteiger partial charge in [0.15, 0.2) is 0 Å². The van der Waals surface area contributed by atoms with Crippen molar-refractivity contribution < 1.29 is 8.42 Å². The highest BCUT2D eigenvalue weighted by Crippen LogP contribution is 2.28. The lowest BCUT2D eigenvalue weighted by Gasteiger charge is -2.31. The van der Waals surface area contributed by atoms with Crippen molar-refractivity contribution in [3.05, 3.63) is 28.2 Å². The van der Waals surface area contributed by atoms with Crippen molar-refractivity contribution in [2.45, 2.75) is 24.7 Å². The maximum atomic E-state index is 12.6. The molecule has 0 radical (unpaired) electrons. The predicted molar refractivity (Wildman–Crippen MR) is 86.7 cm³/mol. The minimum absolute atomic E-state index is 0. The molecule has 1 fully saturated rings. The maximum Gasteiger partial charge on any atom is 0.244 e. The van der Waals surface area contributed by atoms with E-state index in [1.54, 1.807) is 10.4 Å². The molecule has 0 aromatic heterocycles. The van der Waals surface area contributed by atoms with Gasteiger partial charge in [0.25, 0.3) is 0 Å². The Kier molecular flexibility index (Phi) is 6.47. The van der Waals surface area contributed by atoms with Crippen LogP contribution in [0.5, 0.6) is 0 Å². The largest absolute Gasteiger partial charge is 0.330 e. The number of sulfonamides is 1. The zero-order valence-electron chi connectivity index (χ0n) is 11.4. The van der Waals surface area contributed by atoms with Crippen LogP contribution >= 0.6 is 28.3 Å². The molecule has 0 saturated carbocycles. The van der Waals surface area contributed by atoms with Crippen molar-refractivity contribution in [1.29, 1.82) is 0 Å². The molecule has 1 unspecified atom stereocenters. The number of piperidine rings is 1. The van der Waals surface area contributed by atoms with Gasteiger partial charge in [-0.15, -0.1) is 12.4 Å². The summed E-state index contributed by atoms with van der Waals surface area (Å²) in [6, 6.07) is 5.32. The average molecular weight is 384 g/mol. The van der Waals surface area contributed by atoms with Gasteiger partial charge in [0.1, 0.15) is 0 Å². The summed E-state index contributed by atoms with van der Waals surface area (Å²) in [6.07, 6.45) is 1.89. The molecule has 1 aliphatic rings. The van der Waals surface area contributed by atoms with Crippen molar-refractivity contribution in [1.82, 2.24) is 4.31 Å². The fourth-order valence-corrected chi connectivity index (χ4v) is 5.10. The summed E-state index contributed by atoms with van der Waals surface area (Å²) in [4.78, 5) is 0.343. The number of nitrogens with zero attached hydrogens (tertiary/aromatic N) is 1. The van der Waals surface area contributed by atoms with E-state index in [2.05, 4.69) is 15.9 Å². The number of hydrogen-bond donors (Lipinski definition) is 1. The fourth-order valence-electron chi connectivity index (χ4n) is 2.39. The summed E-state index contributed by atoms with van der Waals surface area (Å²) in [5.74, 6) is 0.271. The molecule has 1 aliphatic heterocycles. The average Bonchev–Trinajstić information content (AvgIpc) is 2.38. The van der Waals surface area contributed by atoms with Gasteiger partial charge in [-0.2, -0.15) is 4.31 Å². The Hall–Kier alpha value is -0.140. The molecule has 1 heterocycles. The van der Waals surface area contributed by atoms with E-state index in [1.165, 1.54) is 0 Å². The van der Waals surface area contributed by atoms with Gasteiger partial charge in [-0.05, 0) is 65.9 Å². The van der Waals surface area contributed by atoms with Crippen molar-refractivity contribution in [3.8, 4) is 0 Å². The van der Waals surface area contributed by atoms with Gasteiger partial charge in [0.05, 0.1) is 4.90 Å². The Balaban J connectivity index is 0.00000200. The second-order valence-electron chi connectivity index (χ2n) is 5.04. The lowest BCUT2D eigenvalue weighted by atomic mass is 10.0. The molecule has 1 atom stereocenters. The molecule has 1 aromatic rings. The van der Waals surface area contributed by atoms with Gasteiger partial charge in [0, 0.05) is 17.6 Å². The van der Waals surface area contributed by atoms with Crippen LogP contribution in [0.15, 0.2) is 27.6 Å². The zero-order chi connectivity index (χ0) is 14.0. The van der Waals surface area contributed by atoms with Gasteiger partial charge < -0.3 is 5.73 Å². The van der Waals surface area contributed by atoms with Crippen molar-refractivity contribution in [3.63, 3.8) is 0 Å². The first-order chi connectivity index (χ1) is 8.95. The normalized spacial score (nSPS) is 20.4. The molecule has 1 aromatic carbocycles. The lowest BCUT2D eigenvalue weighted by molar-refractivity contribution is 0.271. The molecule has 0 bridgehead atoms. The molecule has 2 N–H and O–H groups in total. The number of halogens is 2. The zero-order valence-corrected chi connectivity index (χ0v) is 14.6. The van der Waals surface area contributed by atoms with Crippen molar-refractivity contribution >= 4 is 38.4 Å². The van der Waals surface area contributed by atoms with E-state index >= 15 is 0 Å². The number of aryl methyl sites for hydroxylation is 1. The van der Waals surface area contributed by atoms with Crippen LogP contribution in [-0.2, 0) is 10.0 Å². The van der Waals surface area contributed by atoms with Crippen LogP contribution in [0.1, 0.15) is 18.4 Å². The molecule has 7 heteroatoms. The highest BCUT2D eigenvalue weighted by molar-refractivity contribution is 9.10. The van der Waals surface area contributed by atoms with E-state index < -0.39 is 10.0 Å². The summed E-state index contributed by atoms with van der Waals surface area (Å²) in [5, 5.41) is 0. The smallest absolute Gasteiger partial charge is 0.244 e. The highest BCUT2D eigenvalue weighted by Gasteiger charge is 2.30. The molecule has 2 rings (SSSR count). The molecule has 114 valence electrons. The molecule has 20 heavy (non-hydrogen) atoms. The van der Waals surface area contributed by atoms with Crippen LogP contribution in [-0.4, -0.2) is 32.4 Å².